The SMILES string of the molecule is COC(=O)[C@H]1CCCCN1C(=O)c1cc(I)cc(I)c1I. The minimum atomic E-state index is -0.456. The molecule has 1 aliphatic rings. The number of carbonyl (C=O) groups is 2. The van der Waals surface area contributed by atoms with Gasteiger partial charge >= 0.3 is 5.97 Å². The highest BCUT2D eigenvalue weighted by Gasteiger charge is 2.34. The average molecular weight is 625 g/mol. The lowest BCUT2D eigenvalue weighted by molar-refractivity contribution is -0.147. The van der Waals surface area contributed by atoms with Crippen LogP contribution >= 0.6 is 67.8 Å². The number of hydrogen-bond donors (Lipinski definition) is 0. The highest BCUT2D eigenvalue weighted by atomic mass is 127. The van der Waals surface area contributed by atoms with E-state index in [1.165, 1.54) is 7.11 Å². The van der Waals surface area contributed by atoms with Gasteiger partial charge in [-0.15, -0.1) is 0 Å². The number of hydrogen-bond acceptors (Lipinski definition) is 3. The molecule has 7 heteroatoms. The van der Waals surface area contributed by atoms with Gasteiger partial charge in [-0.05, 0) is 99.2 Å². The van der Waals surface area contributed by atoms with Crippen LogP contribution in [0.1, 0.15) is 29.6 Å². The number of methoxy groups -OCH3 is 1. The molecule has 2 rings (SSSR count). The van der Waals surface area contributed by atoms with E-state index in [4.69, 9.17) is 4.74 Å². The van der Waals surface area contributed by atoms with E-state index in [2.05, 4.69) is 67.8 Å². The van der Waals surface area contributed by atoms with Crippen LogP contribution < -0.4 is 0 Å². The monoisotopic (exact) mass is 625 g/mol. The first kappa shape index (κ1) is 17.7. The molecule has 1 atom stereocenters. The molecule has 0 unspecified atom stereocenters. The van der Waals surface area contributed by atoms with Crippen LogP contribution in [0.5, 0.6) is 0 Å². The number of rotatable bonds is 2. The number of nitrogens with zero attached hydrogens (tertiary/aromatic N) is 1. The highest BCUT2D eigenvalue weighted by molar-refractivity contribution is 14.1. The van der Waals surface area contributed by atoms with Gasteiger partial charge in [0.05, 0.1) is 12.7 Å². The Kier molecular flexibility index (Phi) is 6.53. The van der Waals surface area contributed by atoms with Crippen molar-refractivity contribution in [2.24, 2.45) is 0 Å². The van der Waals surface area contributed by atoms with E-state index in [1.807, 2.05) is 12.1 Å². The fourth-order valence-electron chi connectivity index (χ4n) is 2.42. The number of piperidine rings is 1. The Bertz CT molecular complexity index is 577. The van der Waals surface area contributed by atoms with Crippen molar-refractivity contribution in [1.29, 1.82) is 0 Å². The molecule has 1 aromatic carbocycles. The third-order valence-corrected chi connectivity index (χ3v) is 7.13. The summed E-state index contributed by atoms with van der Waals surface area (Å²) in [6, 6.07) is 3.46. The molecular formula is C14H14I3NO3. The standard InChI is InChI=1S/C14H14I3NO3/c1-21-14(20)11-4-2-3-5-18(11)13(19)9-6-8(15)7-10(16)12(9)17/h6-7,11H,2-5H2,1H3/t11-/m1/s1. The lowest BCUT2D eigenvalue weighted by Crippen LogP contribution is -2.48. The maximum atomic E-state index is 12.9. The Morgan fingerprint density at radius 3 is 2.62 bits per heavy atom. The zero-order valence-electron chi connectivity index (χ0n) is 11.4. The first-order chi connectivity index (χ1) is 9.95. The van der Waals surface area contributed by atoms with Crippen LogP contribution in [0.25, 0.3) is 0 Å². The summed E-state index contributed by atoms with van der Waals surface area (Å²) in [4.78, 5) is 26.4. The van der Waals surface area contributed by atoms with Crippen molar-refractivity contribution < 1.29 is 14.3 Å². The largest absolute Gasteiger partial charge is 0.467 e. The van der Waals surface area contributed by atoms with E-state index in [-0.39, 0.29) is 11.9 Å². The van der Waals surface area contributed by atoms with E-state index >= 15 is 0 Å². The zero-order chi connectivity index (χ0) is 15.6. The Labute approximate surface area is 164 Å². The van der Waals surface area contributed by atoms with Gasteiger partial charge in [-0.25, -0.2) is 4.79 Å². The smallest absolute Gasteiger partial charge is 0.328 e. The van der Waals surface area contributed by atoms with Gasteiger partial charge in [0.25, 0.3) is 5.91 Å². The minimum absolute atomic E-state index is 0.0778. The number of halogens is 3. The van der Waals surface area contributed by atoms with Crippen molar-refractivity contribution in [2.75, 3.05) is 13.7 Å². The van der Waals surface area contributed by atoms with E-state index in [0.29, 0.717) is 18.5 Å². The zero-order valence-corrected chi connectivity index (χ0v) is 17.8. The van der Waals surface area contributed by atoms with E-state index in [1.54, 1.807) is 4.90 Å². The van der Waals surface area contributed by atoms with Gasteiger partial charge in [0, 0.05) is 17.3 Å². The first-order valence-electron chi connectivity index (χ1n) is 6.49. The van der Waals surface area contributed by atoms with Crippen LogP contribution in [0.3, 0.4) is 0 Å². The van der Waals surface area contributed by atoms with Crippen molar-refractivity contribution >= 4 is 79.6 Å². The molecule has 1 heterocycles. The van der Waals surface area contributed by atoms with Crippen molar-refractivity contribution in [1.82, 2.24) is 4.90 Å². The summed E-state index contributed by atoms with van der Waals surface area (Å²) in [6.45, 7) is 0.608. The number of benzene rings is 1. The molecule has 0 radical (unpaired) electrons. The lowest BCUT2D eigenvalue weighted by atomic mass is 10.0. The van der Waals surface area contributed by atoms with Gasteiger partial charge < -0.3 is 9.64 Å². The maximum absolute atomic E-state index is 12.9. The van der Waals surface area contributed by atoms with Gasteiger partial charge in [-0.1, -0.05) is 0 Å². The number of likely N-dealkylation sites (tertiary alicyclic amines) is 1. The summed E-state index contributed by atoms with van der Waals surface area (Å²) < 4.78 is 7.86. The number of amides is 1. The molecule has 0 N–H and O–H groups in total. The second-order valence-corrected chi connectivity index (χ2v) is 8.27. The van der Waals surface area contributed by atoms with Crippen LogP contribution in [0, 0.1) is 10.7 Å². The van der Waals surface area contributed by atoms with Gasteiger partial charge in [0.1, 0.15) is 6.04 Å². The topological polar surface area (TPSA) is 46.6 Å². The molecule has 4 nitrogen and oxygen atoms in total. The van der Waals surface area contributed by atoms with Gasteiger partial charge in [0.2, 0.25) is 0 Å². The van der Waals surface area contributed by atoms with Crippen molar-refractivity contribution in [3.05, 3.63) is 28.4 Å². The van der Waals surface area contributed by atoms with Gasteiger partial charge in [-0.3, -0.25) is 4.79 Å². The van der Waals surface area contributed by atoms with Gasteiger partial charge in [-0.2, -0.15) is 0 Å². The molecule has 0 spiro atoms. The number of carbonyl (C=O) groups excluding carboxylic acids is 2. The third kappa shape index (κ3) is 4.01. The molecule has 1 amide bonds. The summed E-state index contributed by atoms with van der Waals surface area (Å²) in [5, 5.41) is 0. The Morgan fingerprint density at radius 1 is 1.24 bits per heavy atom. The summed E-state index contributed by atoms with van der Waals surface area (Å²) in [6.07, 6.45) is 2.55. The quantitative estimate of drug-likeness (QED) is 0.287. The van der Waals surface area contributed by atoms with Crippen LogP contribution in [0.4, 0.5) is 0 Å². The average Bonchev–Trinajstić information content (AvgIpc) is 2.49. The first-order valence-corrected chi connectivity index (χ1v) is 9.72. The molecule has 1 aliphatic heterocycles. The predicted molar refractivity (Wildman–Crippen MR) is 105 cm³/mol. The molecule has 1 aromatic rings. The summed E-state index contributed by atoms with van der Waals surface area (Å²) in [5.41, 5.74) is 0.669. The Balaban J connectivity index is 2.35. The third-order valence-electron chi connectivity index (χ3n) is 3.46. The number of esters is 1. The van der Waals surface area contributed by atoms with Crippen LogP contribution in [0.2, 0.25) is 0 Å². The fourth-order valence-corrected chi connectivity index (χ4v) is 4.81. The molecule has 114 valence electrons. The number of ether oxygens (including phenoxy) is 1. The summed E-state index contributed by atoms with van der Waals surface area (Å²) in [7, 11) is 1.37. The van der Waals surface area contributed by atoms with Crippen LogP contribution in [-0.2, 0) is 9.53 Å². The molecule has 0 aromatic heterocycles. The molecule has 1 fully saturated rings. The predicted octanol–water partition coefficient (Wildman–Crippen LogP) is 3.67. The molecule has 0 bridgehead atoms. The summed E-state index contributed by atoms with van der Waals surface area (Å²) in [5.74, 6) is -0.399. The van der Waals surface area contributed by atoms with Crippen LogP contribution in [0.15, 0.2) is 12.1 Å². The van der Waals surface area contributed by atoms with E-state index < -0.39 is 6.04 Å². The fraction of sp³-hybridized carbons (Fsp3) is 0.429. The van der Waals surface area contributed by atoms with E-state index in [9.17, 15) is 9.59 Å². The van der Waals surface area contributed by atoms with E-state index in [0.717, 1.165) is 23.6 Å². The van der Waals surface area contributed by atoms with Crippen molar-refractivity contribution in [3.8, 4) is 0 Å². The Hall–Kier alpha value is 0.350. The lowest BCUT2D eigenvalue weighted by Gasteiger charge is -2.34. The Morgan fingerprint density at radius 2 is 1.95 bits per heavy atom. The molecule has 0 aliphatic carbocycles. The second kappa shape index (κ2) is 7.75. The highest BCUT2D eigenvalue weighted by Crippen LogP contribution is 2.27. The van der Waals surface area contributed by atoms with Crippen molar-refractivity contribution in [2.45, 2.75) is 25.3 Å². The molecule has 21 heavy (non-hydrogen) atoms. The van der Waals surface area contributed by atoms with Crippen molar-refractivity contribution in [3.63, 3.8) is 0 Å². The normalized spacial score (nSPS) is 18.5. The molecule has 1 saturated heterocycles. The van der Waals surface area contributed by atoms with Gasteiger partial charge in [0.15, 0.2) is 0 Å². The van der Waals surface area contributed by atoms with Crippen LogP contribution in [-0.4, -0.2) is 36.5 Å². The minimum Gasteiger partial charge on any atom is -0.467 e. The maximum Gasteiger partial charge on any atom is 0.328 e. The molecular weight excluding hydrogens is 611 g/mol. The molecule has 0 saturated carbocycles. The second-order valence-electron chi connectivity index (χ2n) is 4.78. The summed E-state index contributed by atoms with van der Waals surface area (Å²) >= 11 is 6.63.